The van der Waals surface area contributed by atoms with Crippen LogP contribution in [0.3, 0.4) is 0 Å². The van der Waals surface area contributed by atoms with Gasteiger partial charge in [0.1, 0.15) is 6.10 Å². The van der Waals surface area contributed by atoms with E-state index >= 15 is 0 Å². The number of aryl methyl sites for hydroxylation is 1. The minimum absolute atomic E-state index is 0.0135. The second-order valence-electron chi connectivity index (χ2n) is 8.34. The van der Waals surface area contributed by atoms with Gasteiger partial charge in [0.2, 0.25) is 5.82 Å². The number of allylic oxidation sites excluding steroid dienone is 1. The van der Waals surface area contributed by atoms with Crippen LogP contribution in [0.4, 0.5) is 8.78 Å². The van der Waals surface area contributed by atoms with Crippen LogP contribution >= 0.6 is 0 Å². The van der Waals surface area contributed by atoms with Crippen LogP contribution in [0.15, 0.2) is 24.0 Å². The fourth-order valence-electron chi connectivity index (χ4n) is 4.75. The Morgan fingerprint density at radius 3 is 2.43 bits per heavy atom. The average molecular weight is 393 g/mol. The van der Waals surface area contributed by atoms with E-state index in [1.165, 1.54) is 50.2 Å². The van der Waals surface area contributed by atoms with Crippen LogP contribution in [0, 0.1) is 23.5 Å². The second kappa shape index (κ2) is 10.3. The van der Waals surface area contributed by atoms with Crippen LogP contribution in [0.2, 0.25) is 0 Å². The molecular formula is C24H34F2O2. The van der Waals surface area contributed by atoms with Crippen LogP contribution < -0.4 is 4.74 Å². The van der Waals surface area contributed by atoms with Crippen molar-refractivity contribution >= 4 is 0 Å². The van der Waals surface area contributed by atoms with Crippen molar-refractivity contribution in [2.24, 2.45) is 11.8 Å². The van der Waals surface area contributed by atoms with Crippen molar-refractivity contribution < 1.29 is 18.3 Å². The molecule has 0 N–H and O–H groups in total. The van der Waals surface area contributed by atoms with Gasteiger partial charge < -0.3 is 9.47 Å². The van der Waals surface area contributed by atoms with E-state index in [-0.39, 0.29) is 5.75 Å². The summed E-state index contributed by atoms with van der Waals surface area (Å²) >= 11 is 0. The predicted octanol–water partition coefficient (Wildman–Crippen LogP) is 6.97. The van der Waals surface area contributed by atoms with Gasteiger partial charge in [0.25, 0.3) is 0 Å². The number of halogens is 2. The molecule has 1 aromatic rings. The van der Waals surface area contributed by atoms with Crippen molar-refractivity contribution in [1.29, 1.82) is 0 Å². The highest BCUT2D eigenvalue weighted by Gasteiger charge is 2.29. The third-order valence-corrected chi connectivity index (χ3v) is 6.42. The predicted molar refractivity (Wildman–Crippen MR) is 108 cm³/mol. The number of hydrogen-bond donors (Lipinski definition) is 0. The molecule has 1 unspecified atom stereocenters. The molecule has 1 aliphatic carbocycles. The van der Waals surface area contributed by atoms with Crippen molar-refractivity contribution in [2.75, 3.05) is 6.61 Å². The van der Waals surface area contributed by atoms with Crippen LogP contribution in [-0.2, 0) is 11.2 Å². The van der Waals surface area contributed by atoms with Gasteiger partial charge in [-0.1, -0.05) is 38.7 Å². The molecule has 2 aliphatic rings. The lowest BCUT2D eigenvalue weighted by Gasteiger charge is -2.35. The molecule has 1 saturated carbocycles. The summed E-state index contributed by atoms with van der Waals surface area (Å²) in [5.74, 6) is -0.0821. The topological polar surface area (TPSA) is 18.5 Å². The van der Waals surface area contributed by atoms with Gasteiger partial charge in [-0.05, 0) is 74.5 Å². The average Bonchev–Trinajstić information content (AvgIpc) is 2.72. The van der Waals surface area contributed by atoms with Crippen LogP contribution in [0.5, 0.6) is 5.75 Å². The lowest BCUT2D eigenvalue weighted by Crippen LogP contribution is -2.29. The van der Waals surface area contributed by atoms with Gasteiger partial charge >= 0.3 is 0 Å². The molecule has 0 spiro atoms. The Bertz CT molecular complexity index is 663. The van der Waals surface area contributed by atoms with Crippen LogP contribution in [-0.4, -0.2) is 12.7 Å². The van der Waals surface area contributed by atoms with Gasteiger partial charge in [-0.15, -0.1) is 0 Å². The molecule has 156 valence electrons. The lowest BCUT2D eigenvalue weighted by atomic mass is 9.76. The molecule has 0 amide bonds. The standard InChI is InChI=1S/C24H34F2O2/c1-3-5-17-6-10-19(11-7-17)21-14-9-18(16-28-21)8-12-20-13-15-22(27-4-2)24(26)23(20)25/h13,15-17,19,21H,3-12,14H2,1-2H3. The fraction of sp³-hybridized carbons (Fsp3) is 0.667. The van der Waals surface area contributed by atoms with Crippen LogP contribution in [0.25, 0.3) is 0 Å². The Morgan fingerprint density at radius 2 is 1.79 bits per heavy atom. The Morgan fingerprint density at radius 1 is 1.00 bits per heavy atom. The lowest BCUT2D eigenvalue weighted by molar-refractivity contribution is 0.0389. The Hall–Kier alpha value is -1.58. The first-order chi connectivity index (χ1) is 13.6. The van der Waals surface area contributed by atoms with Gasteiger partial charge in [-0.3, -0.25) is 0 Å². The molecule has 1 aliphatic heterocycles. The molecule has 0 bridgehead atoms. The molecule has 0 radical (unpaired) electrons. The minimum Gasteiger partial charge on any atom is -0.498 e. The number of benzene rings is 1. The van der Waals surface area contributed by atoms with Gasteiger partial charge in [-0.25, -0.2) is 4.39 Å². The molecule has 2 nitrogen and oxygen atoms in total. The molecule has 1 aromatic carbocycles. The fourth-order valence-corrected chi connectivity index (χ4v) is 4.75. The normalized spacial score (nSPS) is 25.1. The van der Waals surface area contributed by atoms with Gasteiger partial charge in [0, 0.05) is 0 Å². The van der Waals surface area contributed by atoms with E-state index in [2.05, 4.69) is 6.92 Å². The van der Waals surface area contributed by atoms with E-state index in [1.54, 1.807) is 13.0 Å². The van der Waals surface area contributed by atoms with E-state index in [4.69, 9.17) is 9.47 Å². The maximum atomic E-state index is 14.2. The minimum atomic E-state index is -0.882. The largest absolute Gasteiger partial charge is 0.498 e. The zero-order chi connectivity index (χ0) is 19.9. The summed E-state index contributed by atoms with van der Waals surface area (Å²) in [4.78, 5) is 0. The summed E-state index contributed by atoms with van der Waals surface area (Å²) in [5.41, 5.74) is 1.60. The number of hydrogen-bond acceptors (Lipinski definition) is 2. The van der Waals surface area contributed by atoms with Crippen LogP contribution in [0.1, 0.15) is 77.2 Å². The quantitative estimate of drug-likeness (QED) is 0.476. The van der Waals surface area contributed by atoms with Crippen molar-refractivity contribution in [3.63, 3.8) is 0 Å². The monoisotopic (exact) mass is 392 g/mol. The molecule has 28 heavy (non-hydrogen) atoms. The zero-order valence-electron chi connectivity index (χ0n) is 17.3. The molecular weight excluding hydrogens is 358 g/mol. The number of rotatable bonds is 8. The van der Waals surface area contributed by atoms with Gasteiger partial charge in [0.15, 0.2) is 11.6 Å². The Balaban J connectivity index is 1.48. The van der Waals surface area contributed by atoms with E-state index < -0.39 is 11.6 Å². The Kier molecular flexibility index (Phi) is 7.75. The molecule has 1 atom stereocenters. The zero-order valence-corrected chi connectivity index (χ0v) is 17.3. The first-order valence-corrected chi connectivity index (χ1v) is 11.0. The van der Waals surface area contributed by atoms with E-state index in [0.29, 0.717) is 37.0 Å². The first kappa shape index (κ1) is 21.1. The molecule has 1 heterocycles. The third-order valence-electron chi connectivity index (χ3n) is 6.42. The summed E-state index contributed by atoms with van der Waals surface area (Å²) in [5, 5.41) is 0. The smallest absolute Gasteiger partial charge is 0.200 e. The van der Waals surface area contributed by atoms with E-state index in [0.717, 1.165) is 18.8 Å². The van der Waals surface area contributed by atoms with Crippen molar-refractivity contribution in [1.82, 2.24) is 0 Å². The second-order valence-corrected chi connectivity index (χ2v) is 8.34. The highest BCUT2D eigenvalue weighted by Crippen LogP contribution is 2.37. The molecule has 4 heteroatoms. The molecule has 1 fully saturated rings. The molecule has 3 rings (SSSR count). The summed E-state index contributed by atoms with van der Waals surface area (Å²) < 4.78 is 39.4. The van der Waals surface area contributed by atoms with Crippen molar-refractivity contribution in [2.45, 2.75) is 84.2 Å². The van der Waals surface area contributed by atoms with E-state index in [9.17, 15) is 8.78 Å². The molecule has 0 aromatic heterocycles. The van der Waals surface area contributed by atoms with Crippen molar-refractivity contribution in [3.05, 3.63) is 41.2 Å². The maximum Gasteiger partial charge on any atom is 0.200 e. The van der Waals surface area contributed by atoms with Gasteiger partial charge in [0.05, 0.1) is 12.9 Å². The summed E-state index contributed by atoms with van der Waals surface area (Å²) in [6.45, 7) is 4.35. The third kappa shape index (κ3) is 5.27. The number of ether oxygens (including phenoxy) is 2. The highest BCUT2D eigenvalue weighted by molar-refractivity contribution is 5.31. The van der Waals surface area contributed by atoms with E-state index in [1.807, 2.05) is 6.26 Å². The first-order valence-electron chi connectivity index (χ1n) is 11.0. The summed E-state index contributed by atoms with van der Waals surface area (Å²) in [6.07, 6.45) is 13.4. The van der Waals surface area contributed by atoms with Crippen molar-refractivity contribution in [3.8, 4) is 5.75 Å². The summed E-state index contributed by atoms with van der Waals surface area (Å²) in [6, 6.07) is 3.15. The SMILES string of the molecule is CCCC1CCC(C2CCC(CCc3ccc(OCC)c(F)c3F)=CO2)CC1. The Labute approximate surface area is 168 Å². The molecule has 0 saturated heterocycles. The highest BCUT2D eigenvalue weighted by atomic mass is 19.2. The maximum absolute atomic E-state index is 14.2. The van der Waals surface area contributed by atoms with Gasteiger partial charge in [-0.2, -0.15) is 4.39 Å². The summed E-state index contributed by atoms with van der Waals surface area (Å²) in [7, 11) is 0.